The standard InChI is InChI=1S/C27H30N4O2S/c1-18-16-20(3)29-26-24(18)31(14-15-34-26)27(33)30-23-11-7-10-22(17-23)25(32)28-19(2)12-13-21-8-5-4-6-9-21/h4-11,16-17,19H,12-15H2,1-3H3,(H,28,32)(H,30,33)/t19-/m1/s1. The van der Waals surface area contributed by atoms with E-state index < -0.39 is 0 Å². The van der Waals surface area contributed by atoms with Crippen molar-refractivity contribution in [1.82, 2.24) is 10.3 Å². The van der Waals surface area contributed by atoms with E-state index in [0.717, 1.165) is 40.6 Å². The van der Waals surface area contributed by atoms with Crippen LogP contribution in [0.25, 0.3) is 0 Å². The number of amides is 3. The second-order valence-corrected chi connectivity index (χ2v) is 9.73. The Morgan fingerprint density at radius 1 is 1.09 bits per heavy atom. The van der Waals surface area contributed by atoms with Gasteiger partial charge in [-0.1, -0.05) is 36.4 Å². The van der Waals surface area contributed by atoms with Crippen LogP contribution in [0.5, 0.6) is 0 Å². The number of hydrogen-bond donors (Lipinski definition) is 2. The molecule has 176 valence electrons. The van der Waals surface area contributed by atoms with E-state index in [1.807, 2.05) is 45.0 Å². The van der Waals surface area contributed by atoms with Crippen molar-refractivity contribution in [2.75, 3.05) is 22.5 Å². The minimum atomic E-state index is -0.218. The molecule has 0 radical (unpaired) electrons. The molecular formula is C27H30N4O2S. The van der Waals surface area contributed by atoms with Gasteiger partial charge in [0.15, 0.2) is 0 Å². The highest BCUT2D eigenvalue weighted by atomic mass is 32.2. The minimum Gasteiger partial charge on any atom is -0.350 e. The largest absolute Gasteiger partial charge is 0.350 e. The molecule has 7 heteroatoms. The molecule has 1 aliphatic heterocycles. The summed E-state index contributed by atoms with van der Waals surface area (Å²) >= 11 is 1.67. The first-order chi connectivity index (χ1) is 16.4. The summed E-state index contributed by atoms with van der Waals surface area (Å²) in [5.41, 5.74) is 5.21. The SMILES string of the molecule is Cc1cc(C)c2c(n1)SCCN2C(=O)Nc1cccc(C(=O)N[C@H](C)CCc2ccccc2)c1. The van der Waals surface area contributed by atoms with Crippen molar-refractivity contribution < 1.29 is 9.59 Å². The summed E-state index contributed by atoms with van der Waals surface area (Å²) < 4.78 is 0. The molecule has 3 amide bonds. The van der Waals surface area contributed by atoms with Gasteiger partial charge in [0.05, 0.1) is 5.69 Å². The normalized spacial score (nSPS) is 13.7. The van der Waals surface area contributed by atoms with Crippen molar-refractivity contribution in [2.24, 2.45) is 0 Å². The first-order valence-corrected chi connectivity index (χ1v) is 12.5. The Morgan fingerprint density at radius 2 is 1.88 bits per heavy atom. The number of pyridine rings is 1. The molecule has 0 aliphatic carbocycles. The zero-order valence-electron chi connectivity index (χ0n) is 19.8. The van der Waals surface area contributed by atoms with Gasteiger partial charge in [-0.25, -0.2) is 9.78 Å². The summed E-state index contributed by atoms with van der Waals surface area (Å²) in [6.45, 7) is 6.58. The van der Waals surface area contributed by atoms with Crippen LogP contribution in [0.1, 0.15) is 40.5 Å². The summed E-state index contributed by atoms with van der Waals surface area (Å²) in [7, 11) is 0. The number of hydrogen-bond acceptors (Lipinski definition) is 4. The van der Waals surface area contributed by atoms with E-state index in [1.54, 1.807) is 40.9 Å². The van der Waals surface area contributed by atoms with Gasteiger partial charge >= 0.3 is 6.03 Å². The highest BCUT2D eigenvalue weighted by Gasteiger charge is 2.26. The number of urea groups is 1. The molecule has 6 nitrogen and oxygen atoms in total. The fourth-order valence-corrected chi connectivity index (χ4v) is 5.19. The number of fused-ring (bicyclic) bond motifs is 1. The van der Waals surface area contributed by atoms with Gasteiger partial charge in [-0.05, 0) is 69.0 Å². The molecule has 0 spiro atoms. The fraction of sp³-hybridized carbons (Fsp3) is 0.296. The van der Waals surface area contributed by atoms with Crippen LogP contribution >= 0.6 is 11.8 Å². The molecule has 34 heavy (non-hydrogen) atoms. The molecule has 0 unspecified atom stereocenters. The van der Waals surface area contributed by atoms with Crippen LogP contribution in [-0.4, -0.2) is 35.3 Å². The summed E-state index contributed by atoms with van der Waals surface area (Å²) in [5.74, 6) is 0.645. The van der Waals surface area contributed by atoms with Gasteiger partial charge in [-0.3, -0.25) is 9.69 Å². The van der Waals surface area contributed by atoms with E-state index in [2.05, 4.69) is 27.8 Å². The molecule has 2 heterocycles. The monoisotopic (exact) mass is 474 g/mol. The Labute approximate surface area is 205 Å². The number of nitrogens with zero attached hydrogens (tertiary/aromatic N) is 2. The lowest BCUT2D eigenvalue weighted by atomic mass is 10.1. The van der Waals surface area contributed by atoms with E-state index >= 15 is 0 Å². The lowest BCUT2D eigenvalue weighted by Gasteiger charge is -2.30. The summed E-state index contributed by atoms with van der Waals surface area (Å²) in [5, 5.41) is 6.91. The Hall–Kier alpha value is -3.32. The lowest BCUT2D eigenvalue weighted by Crippen LogP contribution is -2.39. The summed E-state index contributed by atoms with van der Waals surface area (Å²) in [4.78, 5) is 32.3. The van der Waals surface area contributed by atoms with Crippen LogP contribution in [0.3, 0.4) is 0 Å². The van der Waals surface area contributed by atoms with Crippen molar-refractivity contribution in [3.05, 3.63) is 83.0 Å². The Balaban J connectivity index is 1.39. The number of carbonyl (C=O) groups is 2. The van der Waals surface area contributed by atoms with E-state index in [9.17, 15) is 9.59 Å². The molecule has 1 aromatic heterocycles. The average molecular weight is 475 g/mol. The van der Waals surface area contributed by atoms with Gasteiger partial charge in [0.1, 0.15) is 5.03 Å². The van der Waals surface area contributed by atoms with Crippen molar-refractivity contribution in [1.29, 1.82) is 0 Å². The zero-order chi connectivity index (χ0) is 24.1. The van der Waals surface area contributed by atoms with Crippen LogP contribution in [0, 0.1) is 13.8 Å². The number of benzene rings is 2. The maximum absolute atomic E-state index is 13.1. The molecule has 1 aliphatic rings. The lowest BCUT2D eigenvalue weighted by molar-refractivity contribution is 0.0938. The first kappa shape index (κ1) is 23.8. The van der Waals surface area contributed by atoms with Gasteiger partial charge in [-0.15, -0.1) is 11.8 Å². The molecule has 3 aromatic rings. The molecule has 2 N–H and O–H groups in total. The van der Waals surface area contributed by atoms with Crippen LogP contribution in [-0.2, 0) is 6.42 Å². The van der Waals surface area contributed by atoms with Gasteiger partial charge < -0.3 is 10.6 Å². The number of carbonyl (C=O) groups excluding carboxylic acids is 2. The number of nitrogens with one attached hydrogen (secondary N) is 2. The second kappa shape index (κ2) is 10.7. The van der Waals surface area contributed by atoms with Gasteiger partial charge in [0.25, 0.3) is 5.91 Å². The summed E-state index contributed by atoms with van der Waals surface area (Å²) in [6, 6.07) is 19.1. The molecule has 4 rings (SSSR count). The number of aromatic nitrogens is 1. The van der Waals surface area contributed by atoms with Gasteiger partial charge in [-0.2, -0.15) is 0 Å². The summed E-state index contributed by atoms with van der Waals surface area (Å²) in [6.07, 6.45) is 1.76. The molecule has 0 saturated carbocycles. The van der Waals surface area contributed by atoms with E-state index in [-0.39, 0.29) is 18.0 Å². The van der Waals surface area contributed by atoms with Crippen molar-refractivity contribution >= 4 is 35.1 Å². The van der Waals surface area contributed by atoms with Gasteiger partial charge in [0, 0.05) is 35.3 Å². The third-order valence-corrected chi connectivity index (χ3v) is 6.76. The topological polar surface area (TPSA) is 74.3 Å². The molecule has 0 saturated heterocycles. The van der Waals surface area contributed by atoms with Crippen LogP contribution in [0.2, 0.25) is 0 Å². The third kappa shape index (κ3) is 5.78. The van der Waals surface area contributed by atoms with Crippen LogP contribution < -0.4 is 15.5 Å². The molecule has 1 atom stereocenters. The minimum absolute atomic E-state index is 0.0345. The van der Waals surface area contributed by atoms with Crippen LogP contribution in [0.15, 0.2) is 65.7 Å². The predicted molar refractivity (Wildman–Crippen MR) is 139 cm³/mol. The predicted octanol–water partition coefficient (Wildman–Crippen LogP) is 5.59. The molecule has 0 fully saturated rings. The molecular weight excluding hydrogens is 444 g/mol. The van der Waals surface area contributed by atoms with Crippen molar-refractivity contribution in [3.63, 3.8) is 0 Å². The second-order valence-electron chi connectivity index (χ2n) is 8.64. The Kier molecular flexibility index (Phi) is 7.53. The smallest absolute Gasteiger partial charge is 0.326 e. The van der Waals surface area contributed by atoms with E-state index in [4.69, 9.17) is 0 Å². The highest BCUT2D eigenvalue weighted by molar-refractivity contribution is 7.99. The highest BCUT2D eigenvalue weighted by Crippen LogP contribution is 2.36. The Bertz CT molecular complexity index is 1180. The number of anilines is 2. The molecule has 2 aromatic carbocycles. The fourth-order valence-electron chi connectivity index (χ4n) is 4.11. The quantitative estimate of drug-likeness (QED) is 0.488. The van der Waals surface area contributed by atoms with Crippen molar-refractivity contribution in [2.45, 2.75) is 44.7 Å². The molecule has 0 bridgehead atoms. The first-order valence-electron chi connectivity index (χ1n) is 11.5. The number of thioether (sulfide) groups is 1. The van der Waals surface area contributed by atoms with Gasteiger partial charge in [0.2, 0.25) is 0 Å². The Morgan fingerprint density at radius 3 is 2.68 bits per heavy atom. The maximum Gasteiger partial charge on any atom is 0.326 e. The van der Waals surface area contributed by atoms with Crippen molar-refractivity contribution in [3.8, 4) is 0 Å². The maximum atomic E-state index is 13.1. The van der Waals surface area contributed by atoms with Crippen LogP contribution in [0.4, 0.5) is 16.2 Å². The number of aryl methyl sites for hydroxylation is 3. The van der Waals surface area contributed by atoms with E-state index in [1.165, 1.54) is 5.56 Å². The third-order valence-electron chi connectivity index (χ3n) is 5.81. The van der Waals surface area contributed by atoms with E-state index in [0.29, 0.717) is 17.8 Å². The zero-order valence-corrected chi connectivity index (χ0v) is 20.6. The number of rotatable bonds is 6. The average Bonchev–Trinajstić information content (AvgIpc) is 2.83.